The molecule has 2 heterocycles. The zero-order valence-corrected chi connectivity index (χ0v) is 26.6. The minimum Gasteiger partial charge on any atom is -0.464 e. The first-order valence-corrected chi connectivity index (χ1v) is 14.4. The van der Waals surface area contributed by atoms with Crippen LogP contribution in [0.4, 0.5) is 25.8 Å². The minimum absolute atomic E-state index is 0.0622. The lowest BCUT2D eigenvalue weighted by Crippen LogP contribution is -2.48. The molecule has 1 aromatic carbocycles. The molecular weight excluding hydrogens is 568 g/mol. The molecule has 1 aromatic heterocycles. The summed E-state index contributed by atoms with van der Waals surface area (Å²) in [6.07, 6.45) is 3.42. The van der Waals surface area contributed by atoms with Crippen molar-refractivity contribution in [3.05, 3.63) is 54.4 Å². The van der Waals surface area contributed by atoms with Gasteiger partial charge in [-0.15, -0.1) is 0 Å². The van der Waals surface area contributed by atoms with Gasteiger partial charge in [-0.05, 0) is 91.1 Å². The molecule has 2 N–H and O–H groups in total. The highest BCUT2D eigenvalue weighted by Gasteiger charge is 2.37. The Morgan fingerprint density at radius 3 is 2.25 bits per heavy atom. The molecule has 238 valence electrons. The number of hydrogen-bond donors (Lipinski definition) is 2. The summed E-state index contributed by atoms with van der Waals surface area (Å²) in [5, 5.41) is 5.51. The molecule has 1 aliphatic heterocycles. The van der Waals surface area contributed by atoms with Crippen LogP contribution in [0.3, 0.4) is 0 Å². The number of carbonyl (C=O) groups is 4. The smallest absolute Gasteiger partial charge is 0.415 e. The summed E-state index contributed by atoms with van der Waals surface area (Å²) in [6.45, 7) is 12.3. The Morgan fingerprint density at radius 1 is 0.932 bits per heavy atom. The highest BCUT2D eigenvalue weighted by atomic mass is 16.6. The molecule has 3 rings (SSSR count). The third-order valence-corrected chi connectivity index (χ3v) is 6.19. The number of nitrogens with zero attached hydrogens (tertiary/aromatic N) is 2. The maximum absolute atomic E-state index is 13.9. The van der Waals surface area contributed by atoms with Crippen LogP contribution in [0, 0.1) is 0 Å². The van der Waals surface area contributed by atoms with E-state index in [-0.39, 0.29) is 18.7 Å². The van der Waals surface area contributed by atoms with Gasteiger partial charge in [0.15, 0.2) is 0 Å². The lowest BCUT2D eigenvalue weighted by Gasteiger charge is -2.33. The lowest BCUT2D eigenvalue weighted by molar-refractivity contribution is -0.144. The van der Waals surface area contributed by atoms with E-state index in [1.54, 1.807) is 97.1 Å². The van der Waals surface area contributed by atoms with Gasteiger partial charge in [-0.1, -0.05) is 18.2 Å². The Morgan fingerprint density at radius 2 is 1.61 bits per heavy atom. The summed E-state index contributed by atoms with van der Waals surface area (Å²) in [5.74, 6) is -0.642. The number of methoxy groups -OCH3 is 1. The van der Waals surface area contributed by atoms with Crippen LogP contribution in [-0.4, -0.2) is 60.2 Å². The maximum Gasteiger partial charge on any atom is 0.415 e. The van der Waals surface area contributed by atoms with Gasteiger partial charge in [0, 0.05) is 17.4 Å². The van der Waals surface area contributed by atoms with E-state index in [0.717, 1.165) is 0 Å². The van der Waals surface area contributed by atoms with Crippen LogP contribution in [0.1, 0.15) is 73.0 Å². The third-order valence-electron chi connectivity index (χ3n) is 6.19. The summed E-state index contributed by atoms with van der Waals surface area (Å²) in [6, 6.07) is 6.75. The van der Waals surface area contributed by atoms with Gasteiger partial charge in [-0.25, -0.2) is 19.2 Å². The second-order valence-electron chi connectivity index (χ2n) is 12.1. The largest absolute Gasteiger partial charge is 0.464 e. The fraction of sp³-hybridized carbons (Fsp3) is 0.469. The number of anilines is 2. The van der Waals surface area contributed by atoms with Gasteiger partial charge in [0.1, 0.15) is 17.2 Å². The topological polar surface area (TPSA) is 145 Å². The number of ether oxygens (including phenoxy) is 4. The van der Waals surface area contributed by atoms with Crippen molar-refractivity contribution in [2.24, 2.45) is 0 Å². The molecule has 1 aliphatic rings. The van der Waals surface area contributed by atoms with E-state index >= 15 is 0 Å². The summed E-state index contributed by atoms with van der Waals surface area (Å²) in [5.41, 5.74) is 0.709. The number of alkyl carbamates (subject to hydrolysis) is 1. The van der Waals surface area contributed by atoms with Crippen molar-refractivity contribution >= 4 is 35.6 Å². The summed E-state index contributed by atoms with van der Waals surface area (Å²) in [4.78, 5) is 58.0. The molecule has 2 aromatic rings. The average Bonchev–Trinajstić information content (AvgIpc) is 2.91. The molecule has 2 bridgehead atoms. The predicted molar refractivity (Wildman–Crippen MR) is 165 cm³/mol. The maximum atomic E-state index is 13.9. The highest BCUT2D eigenvalue weighted by molar-refractivity contribution is 6.01. The highest BCUT2D eigenvalue weighted by Crippen LogP contribution is 2.38. The normalized spacial score (nSPS) is 17.5. The Hall–Kier alpha value is -4.61. The molecule has 12 heteroatoms. The number of esters is 1. The summed E-state index contributed by atoms with van der Waals surface area (Å²) >= 11 is 0. The van der Waals surface area contributed by atoms with Crippen molar-refractivity contribution in [1.82, 2.24) is 10.3 Å². The number of pyridine rings is 1. The number of fused-ring (bicyclic) bond motifs is 4. The van der Waals surface area contributed by atoms with Gasteiger partial charge >= 0.3 is 24.2 Å². The molecule has 0 saturated carbocycles. The predicted octanol–water partition coefficient (Wildman–Crippen LogP) is 6.52. The van der Waals surface area contributed by atoms with E-state index in [0.29, 0.717) is 28.9 Å². The van der Waals surface area contributed by atoms with Crippen LogP contribution in [-0.2, 0) is 23.7 Å². The van der Waals surface area contributed by atoms with E-state index in [9.17, 15) is 19.2 Å². The van der Waals surface area contributed by atoms with Crippen LogP contribution in [0.15, 0.2) is 48.7 Å². The number of amides is 3. The minimum atomic E-state index is -1.13. The van der Waals surface area contributed by atoms with E-state index in [1.165, 1.54) is 12.0 Å². The summed E-state index contributed by atoms with van der Waals surface area (Å²) in [7, 11) is 1.24. The first kappa shape index (κ1) is 33.9. The van der Waals surface area contributed by atoms with Crippen LogP contribution >= 0.6 is 0 Å². The first-order chi connectivity index (χ1) is 20.6. The number of hydrogen-bond acceptors (Lipinski definition) is 9. The third kappa shape index (κ3) is 9.45. The van der Waals surface area contributed by atoms with Crippen molar-refractivity contribution in [3.8, 4) is 11.1 Å². The Bertz CT molecular complexity index is 1390. The van der Waals surface area contributed by atoms with Gasteiger partial charge in [0.2, 0.25) is 0 Å². The molecule has 2 atom stereocenters. The van der Waals surface area contributed by atoms with Gasteiger partial charge in [0.25, 0.3) is 0 Å². The van der Waals surface area contributed by atoms with E-state index < -0.39 is 47.5 Å². The first-order valence-electron chi connectivity index (χ1n) is 14.4. The van der Waals surface area contributed by atoms with Crippen molar-refractivity contribution in [2.45, 2.75) is 84.6 Å². The fourth-order valence-electron chi connectivity index (χ4n) is 4.44. The molecule has 44 heavy (non-hydrogen) atoms. The van der Waals surface area contributed by atoms with E-state index in [1.807, 2.05) is 0 Å². The van der Waals surface area contributed by atoms with Crippen molar-refractivity contribution < 1.29 is 38.1 Å². The Balaban J connectivity index is 2.27. The number of carbonyl (C=O) groups excluding carboxylic acids is 4. The molecule has 1 unspecified atom stereocenters. The molecule has 0 radical (unpaired) electrons. The number of rotatable bonds is 4. The van der Waals surface area contributed by atoms with Crippen molar-refractivity contribution in [2.75, 3.05) is 23.9 Å². The molecule has 12 nitrogen and oxygen atoms in total. The van der Waals surface area contributed by atoms with Gasteiger partial charge in [-0.3, -0.25) is 15.2 Å². The van der Waals surface area contributed by atoms with Crippen LogP contribution in [0.5, 0.6) is 0 Å². The van der Waals surface area contributed by atoms with E-state index in [2.05, 4.69) is 15.6 Å². The molecule has 0 saturated heterocycles. The van der Waals surface area contributed by atoms with Gasteiger partial charge in [-0.2, -0.15) is 0 Å². The molecule has 0 spiro atoms. The van der Waals surface area contributed by atoms with Gasteiger partial charge in [0.05, 0.1) is 31.1 Å². The quantitative estimate of drug-likeness (QED) is 0.225. The molecule has 3 amide bonds. The van der Waals surface area contributed by atoms with Gasteiger partial charge < -0.3 is 24.3 Å². The number of nitrogens with one attached hydrogen (secondary N) is 2. The van der Waals surface area contributed by atoms with Crippen LogP contribution < -0.4 is 15.5 Å². The van der Waals surface area contributed by atoms with Crippen LogP contribution in [0.2, 0.25) is 0 Å². The second kappa shape index (κ2) is 14.2. The SMILES string of the molecule is CCOC(=O)[C@@H]1C/C=C/CC(NC(=O)OC(C)(C)C)c2cc(ccn2)-c2ccc(NC(=O)OC)cc2N1C(=O)OC(C)(C)C. The number of benzene rings is 1. The monoisotopic (exact) mass is 610 g/mol. The zero-order valence-electron chi connectivity index (χ0n) is 26.6. The van der Waals surface area contributed by atoms with E-state index in [4.69, 9.17) is 18.9 Å². The second-order valence-corrected chi connectivity index (χ2v) is 12.1. The lowest BCUT2D eigenvalue weighted by atomic mass is 9.97. The zero-order chi connectivity index (χ0) is 32.7. The van der Waals surface area contributed by atoms with Crippen molar-refractivity contribution in [1.29, 1.82) is 0 Å². The molecular formula is C32H42N4O8. The Labute approximate surface area is 258 Å². The molecule has 0 fully saturated rings. The standard InChI is InChI=1S/C32H42N4O8/c1-9-42-27(37)25-13-11-10-12-23(35-29(39)43-31(2,3)4)24-18-20(16-17-33-24)22-15-14-21(34-28(38)41-8)19-26(22)36(25)30(40)44-32(5,6)7/h10-11,14-19,23,25H,9,12-13H2,1-8H3,(H,34,38)(H,35,39)/b11-10+/t23?,25-/m0/s1. The van der Waals surface area contributed by atoms with Crippen molar-refractivity contribution in [3.63, 3.8) is 0 Å². The average molecular weight is 611 g/mol. The Kier molecular flexibility index (Phi) is 11.0. The molecule has 0 aliphatic carbocycles. The summed E-state index contributed by atoms with van der Waals surface area (Å²) < 4.78 is 21.4. The van der Waals surface area contributed by atoms with Crippen LogP contribution in [0.25, 0.3) is 11.1 Å². The number of aromatic nitrogens is 1. The fourth-order valence-corrected chi connectivity index (χ4v) is 4.44.